The van der Waals surface area contributed by atoms with Crippen LogP contribution < -0.4 is 5.32 Å². The number of nitrogens with one attached hydrogen (secondary N) is 1. The summed E-state index contributed by atoms with van der Waals surface area (Å²) in [5, 5.41) is 2.92. The van der Waals surface area contributed by atoms with Gasteiger partial charge in [0.15, 0.2) is 0 Å². The van der Waals surface area contributed by atoms with Gasteiger partial charge in [0.2, 0.25) is 0 Å². The van der Waals surface area contributed by atoms with E-state index in [1.807, 2.05) is 99.2 Å². The molecular formula is C16H21N. The molecule has 90 valence electrons. The summed E-state index contributed by atoms with van der Waals surface area (Å²) in [5.41, 5.74) is 0. The van der Waals surface area contributed by atoms with Crippen molar-refractivity contribution in [2.45, 2.75) is 6.92 Å². The van der Waals surface area contributed by atoms with Gasteiger partial charge in [-0.2, -0.15) is 0 Å². The molecule has 0 aliphatic carbocycles. The van der Waals surface area contributed by atoms with Gasteiger partial charge in [0.05, 0.1) is 0 Å². The Balaban J connectivity index is 3.76. The molecule has 0 radical (unpaired) electrons. The molecule has 0 amide bonds. The van der Waals surface area contributed by atoms with Crippen LogP contribution in [0.1, 0.15) is 6.92 Å². The molecule has 0 aromatic heterocycles. The first-order valence-electron chi connectivity index (χ1n) is 5.70. The average Bonchev–Trinajstić information content (AvgIpc) is 2.35. The summed E-state index contributed by atoms with van der Waals surface area (Å²) in [6, 6.07) is 0. The second-order valence-corrected chi connectivity index (χ2v) is 3.10. The third-order valence-corrected chi connectivity index (χ3v) is 1.68. The van der Waals surface area contributed by atoms with Crippen molar-refractivity contribution in [3.8, 4) is 0 Å². The van der Waals surface area contributed by atoms with E-state index in [0.717, 1.165) is 0 Å². The SMILES string of the molecule is CC=CC=CC=CC=CC=CC=CC=CNC. The molecule has 0 fully saturated rings. The highest BCUT2D eigenvalue weighted by Gasteiger charge is 1.63. The van der Waals surface area contributed by atoms with Crippen molar-refractivity contribution in [2.75, 3.05) is 7.05 Å². The Hall–Kier alpha value is -2.02. The van der Waals surface area contributed by atoms with Crippen molar-refractivity contribution >= 4 is 0 Å². The van der Waals surface area contributed by atoms with Gasteiger partial charge in [0.1, 0.15) is 0 Å². The van der Waals surface area contributed by atoms with Crippen LogP contribution >= 0.6 is 0 Å². The average molecular weight is 227 g/mol. The monoisotopic (exact) mass is 227 g/mol. The molecule has 0 rings (SSSR count). The smallest absolute Gasteiger partial charge is 0.00277 e. The van der Waals surface area contributed by atoms with E-state index in [-0.39, 0.29) is 0 Å². The molecule has 0 aromatic carbocycles. The van der Waals surface area contributed by atoms with E-state index >= 15 is 0 Å². The quantitative estimate of drug-likeness (QED) is 0.646. The minimum atomic E-state index is 1.88. The maximum Gasteiger partial charge on any atom is 0.00277 e. The predicted octanol–water partition coefficient (Wildman–Crippen LogP) is 4.08. The molecule has 0 aromatic rings. The lowest BCUT2D eigenvalue weighted by atomic mass is 10.3. The van der Waals surface area contributed by atoms with Crippen LogP contribution in [0, 0.1) is 0 Å². The van der Waals surface area contributed by atoms with Crippen LogP contribution in [-0.2, 0) is 0 Å². The van der Waals surface area contributed by atoms with E-state index in [4.69, 9.17) is 0 Å². The van der Waals surface area contributed by atoms with Gasteiger partial charge in [-0.3, -0.25) is 0 Å². The maximum absolute atomic E-state index is 2.92. The van der Waals surface area contributed by atoms with Crippen molar-refractivity contribution in [3.63, 3.8) is 0 Å². The summed E-state index contributed by atoms with van der Waals surface area (Å²) >= 11 is 0. The van der Waals surface area contributed by atoms with E-state index in [1.165, 1.54) is 0 Å². The third kappa shape index (κ3) is 14.0. The second kappa shape index (κ2) is 14.0. The third-order valence-electron chi connectivity index (χ3n) is 1.68. The zero-order valence-corrected chi connectivity index (χ0v) is 10.6. The van der Waals surface area contributed by atoms with E-state index in [1.54, 1.807) is 0 Å². The van der Waals surface area contributed by atoms with E-state index in [2.05, 4.69) is 5.32 Å². The molecule has 17 heavy (non-hydrogen) atoms. The summed E-state index contributed by atoms with van der Waals surface area (Å²) < 4.78 is 0. The van der Waals surface area contributed by atoms with E-state index < -0.39 is 0 Å². The fraction of sp³-hybridized carbons (Fsp3) is 0.125. The first-order chi connectivity index (χ1) is 8.41. The van der Waals surface area contributed by atoms with Crippen molar-refractivity contribution in [2.24, 2.45) is 0 Å². The zero-order chi connectivity index (χ0) is 12.6. The Kier molecular flexibility index (Phi) is 12.3. The Labute approximate surface area is 105 Å². The molecule has 0 saturated heterocycles. The fourth-order valence-electron chi connectivity index (χ4n) is 0.904. The van der Waals surface area contributed by atoms with Crippen LogP contribution in [0.2, 0.25) is 0 Å². The highest BCUT2D eigenvalue weighted by molar-refractivity contribution is 5.20. The highest BCUT2D eigenvalue weighted by Crippen LogP contribution is 1.84. The Morgan fingerprint density at radius 2 is 0.882 bits per heavy atom. The van der Waals surface area contributed by atoms with Crippen LogP contribution in [0.3, 0.4) is 0 Å². The first kappa shape index (κ1) is 15.0. The molecule has 0 saturated carbocycles. The Bertz CT molecular complexity index is 350. The number of hydrogen-bond acceptors (Lipinski definition) is 1. The lowest BCUT2D eigenvalue weighted by Gasteiger charge is -1.79. The van der Waals surface area contributed by atoms with Crippen molar-refractivity contribution in [1.29, 1.82) is 0 Å². The largest absolute Gasteiger partial charge is 0.394 e. The van der Waals surface area contributed by atoms with Crippen LogP contribution in [-0.4, -0.2) is 7.05 Å². The molecule has 0 atom stereocenters. The van der Waals surface area contributed by atoms with Gasteiger partial charge in [-0.25, -0.2) is 0 Å². The molecule has 0 spiro atoms. The van der Waals surface area contributed by atoms with Crippen molar-refractivity contribution in [3.05, 3.63) is 85.2 Å². The van der Waals surface area contributed by atoms with Gasteiger partial charge >= 0.3 is 0 Å². The number of hydrogen-bond donors (Lipinski definition) is 1. The van der Waals surface area contributed by atoms with Crippen LogP contribution in [0.4, 0.5) is 0 Å². The predicted molar refractivity (Wildman–Crippen MR) is 78.7 cm³/mol. The Morgan fingerprint density at radius 1 is 0.529 bits per heavy atom. The lowest BCUT2D eigenvalue weighted by molar-refractivity contribution is 1.10. The van der Waals surface area contributed by atoms with Gasteiger partial charge in [0.25, 0.3) is 0 Å². The standard InChI is InChI=1S/C16H21N/c1-3-4-5-6-7-8-9-10-11-12-13-14-15-16-17-2/h3-17H,1-2H3. The van der Waals surface area contributed by atoms with Crippen LogP contribution in [0.15, 0.2) is 85.2 Å². The molecule has 0 heterocycles. The highest BCUT2D eigenvalue weighted by atomic mass is 14.8. The molecule has 0 bridgehead atoms. The molecule has 1 nitrogen and oxygen atoms in total. The fourth-order valence-corrected chi connectivity index (χ4v) is 0.904. The normalized spacial score (nSPS) is 14.0. The van der Waals surface area contributed by atoms with E-state index in [9.17, 15) is 0 Å². The summed E-state index contributed by atoms with van der Waals surface area (Å²) in [7, 11) is 1.88. The summed E-state index contributed by atoms with van der Waals surface area (Å²) in [4.78, 5) is 0. The summed E-state index contributed by atoms with van der Waals surface area (Å²) in [6.45, 7) is 2.00. The molecular weight excluding hydrogens is 206 g/mol. The zero-order valence-electron chi connectivity index (χ0n) is 10.6. The van der Waals surface area contributed by atoms with Crippen molar-refractivity contribution in [1.82, 2.24) is 5.32 Å². The molecule has 1 N–H and O–H groups in total. The van der Waals surface area contributed by atoms with Gasteiger partial charge < -0.3 is 5.32 Å². The molecule has 0 aliphatic rings. The maximum atomic E-state index is 2.92. The minimum absolute atomic E-state index is 1.88. The molecule has 0 unspecified atom stereocenters. The second-order valence-electron chi connectivity index (χ2n) is 3.10. The summed E-state index contributed by atoms with van der Waals surface area (Å²) in [6.07, 6.45) is 27.7. The van der Waals surface area contributed by atoms with Crippen molar-refractivity contribution < 1.29 is 0 Å². The van der Waals surface area contributed by atoms with Gasteiger partial charge in [-0.1, -0.05) is 72.9 Å². The number of rotatable bonds is 7. The lowest BCUT2D eigenvalue weighted by Crippen LogP contribution is -1.89. The van der Waals surface area contributed by atoms with Crippen LogP contribution in [0.5, 0.6) is 0 Å². The van der Waals surface area contributed by atoms with E-state index in [0.29, 0.717) is 0 Å². The van der Waals surface area contributed by atoms with Gasteiger partial charge in [-0.15, -0.1) is 0 Å². The topological polar surface area (TPSA) is 12.0 Å². The van der Waals surface area contributed by atoms with Gasteiger partial charge in [0, 0.05) is 7.05 Å². The van der Waals surface area contributed by atoms with Crippen LogP contribution in [0.25, 0.3) is 0 Å². The minimum Gasteiger partial charge on any atom is -0.394 e. The number of allylic oxidation sites excluding steroid dienone is 13. The Morgan fingerprint density at radius 3 is 1.24 bits per heavy atom. The molecule has 0 aliphatic heterocycles. The summed E-state index contributed by atoms with van der Waals surface area (Å²) in [5.74, 6) is 0. The first-order valence-corrected chi connectivity index (χ1v) is 5.70. The molecule has 1 heteroatoms. The van der Waals surface area contributed by atoms with Gasteiger partial charge in [-0.05, 0) is 19.2 Å².